The molecule has 0 atom stereocenters. The van der Waals surface area contributed by atoms with E-state index in [0.29, 0.717) is 10.6 Å². The van der Waals surface area contributed by atoms with Crippen molar-refractivity contribution in [2.75, 3.05) is 5.32 Å². The monoisotopic (exact) mass is 256 g/mol. The van der Waals surface area contributed by atoms with E-state index >= 15 is 0 Å². The van der Waals surface area contributed by atoms with Crippen LogP contribution in [0.2, 0.25) is 5.02 Å². The molecule has 0 aliphatic rings. The lowest BCUT2D eigenvalue weighted by Crippen LogP contribution is -1.98. The number of para-hydroxylation sites is 1. The summed E-state index contributed by atoms with van der Waals surface area (Å²) in [7, 11) is 0. The molecule has 0 aliphatic carbocycles. The van der Waals surface area contributed by atoms with E-state index in [4.69, 9.17) is 16.9 Å². The predicted octanol–water partition coefficient (Wildman–Crippen LogP) is 4.57. The third-order valence-electron chi connectivity index (χ3n) is 2.87. The SMILES string of the molecule is Cc1cccc(C)c1Nc1cccc(Cl)c1C#N. The minimum atomic E-state index is 0.466. The summed E-state index contributed by atoms with van der Waals surface area (Å²) >= 11 is 6.01. The highest BCUT2D eigenvalue weighted by molar-refractivity contribution is 6.32. The van der Waals surface area contributed by atoms with E-state index in [1.165, 1.54) is 0 Å². The van der Waals surface area contributed by atoms with Crippen molar-refractivity contribution in [1.82, 2.24) is 0 Å². The number of rotatable bonds is 2. The number of halogens is 1. The summed E-state index contributed by atoms with van der Waals surface area (Å²) in [6.45, 7) is 4.07. The lowest BCUT2D eigenvalue weighted by Gasteiger charge is -2.14. The fraction of sp³-hybridized carbons (Fsp3) is 0.133. The summed E-state index contributed by atoms with van der Waals surface area (Å²) in [4.78, 5) is 0. The molecule has 0 unspecified atom stereocenters. The van der Waals surface area contributed by atoms with Crippen molar-refractivity contribution in [2.24, 2.45) is 0 Å². The number of hydrogen-bond acceptors (Lipinski definition) is 2. The van der Waals surface area contributed by atoms with Crippen LogP contribution in [0.3, 0.4) is 0 Å². The van der Waals surface area contributed by atoms with Crippen LogP contribution in [0.4, 0.5) is 11.4 Å². The van der Waals surface area contributed by atoms with Crippen LogP contribution in [-0.4, -0.2) is 0 Å². The molecule has 0 saturated heterocycles. The number of nitrogens with one attached hydrogen (secondary N) is 1. The van der Waals surface area contributed by atoms with Crippen molar-refractivity contribution >= 4 is 23.0 Å². The van der Waals surface area contributed by atoms with Crippen LogP contribution < -0.4 is 5.32 Å². The molecule has 0 amide bonds. The number of hydrogen-bond donors (Lipinski definition) is 1. The van der Waals surface area contributed by atoms with E-state index in [1.54, 1.807) is 6.07 Å². The van der Waals surface area contributed by atoms with Crippen molar-refractivity contribution in [3.8, 4) is 6.07 Å². The summed E-state index contributed by atoms with van der Waals surface area (Å²) in [5.41, 5.74) is 4.51. The van der Waals surface area contributed by atoms with Crippen LogP contribution in [0.15, 0.2) is 36.4 Å². The molecule has 2 aromatic carbocycles. The molecule has 0 bridgehead atoms. The zero-order valence-electron chi connectivity index (χ0n) is 10.3. The van der Waals surface area contributed by atoms with Crippen LogP contribution in [0, 0.1) is 25.2 Å². The highest BCUT2D eigenvalue weighted by atomic mass is 35.5. The van der Waals surface area contributed by atoms with Gasteiger partial charge in [-0.3, -0.25) is 0 Å². The molecule has 3 heteroatoms. The van der Waals surface area contributed by atoms with Crippen molar-refractivity contribution in [3.05, 3.63) is 58.1 Å². The first-order valence-corrected chi connectivity index (χ1v) is 6.03. The average molecular weight is 257 g/mol. The molecule has 90 valence electrons. The van der Waals surface area contributed by atoms with Crippen LogP contribution in [-0.2, 0) is 0 Å². The standard InChI is InChI=1S/C15H13ClN2/c1-10-5-3-6-11(2)15(10)18-14-8-4-7-13(16)12(14)9-17/h3-8,18H,1-2H3. The topological polar surface area (TPSA) is 35.8 Å². The Labute approximate surface area is 112 Å². The molecule has 0 fully saturated rings. The van der Waals surface area contributed by atoms with Gasteiger partial charge in [-0.2, -0.15) is 5.26 Å². The third kappa shape index (κ3) is 2.32. The lowest BCUT2D eigenvalue weighted by molar-refractivity contribution is 1.35. The van der Waals surface area contributed by atoms with Gasteiger partial charge in [0.2, 0.25) is 0 Å². The molecular weight excluding hydrogens is 244 g/mol. The molecule has 2 nitrogen and oxygen atoms in total. The molecule has 0 spiro atoms. The number of nitriles is 1. The minimum absolute atomic E-state index is 0.466. The van der Waals surface area contributed by atoms with E-state index in [-0.39, 0.29) is 0 Å². The predicted molar refractivity (Wildman–Crippen MR) is 75.4 cm³/mol. The second kappa shape index (κ2) is 5.12. The molecule has 1 N–H and O–H groups in total. The van der Waals surface area contributed by atoms with Gasteiger partial charge in [0.25, 0.3) is 0 Å². The van der Waals surface area contributed by atoms with Gasteiger partial charge in [-0.25, -0.2) is 0 Å². The fourth-order valence-corrected chi connectivity index (χ4v) is 2.11. The van der Waals surface area contributed by atoms with E-state index in [9.17, 15) is 0 Å². The van der Waals surface area contributed by atoms with Crippen LogP contribution >= 0.6 is 11.6 Å². The van der Waals surface area contributed by atoms with E-state index in [2.05, 4.69) is 11.4 Å². The summed E-state index contributed by atoms with van der Waals surface area (Å²) in [6.07, 6.45) is 0. The highest BCUT2D eigenvalue weighted by Gasteiger charge is 2.08. The van der Waals surface area contributed by atoms with E-state index in [0.717, 1.165) is 22.5 Å². The van der Waals surface area contributed by atoms with E-state index < -0.39 is 0 Å². The van der Waals surface area contributed by atoms with Gasteiger partial charge >= 0.3 is 0 Å². The molecule has 2 rings (SSSR count). The molecule has 0 saturated carbocycles. The molecule has 0 heterocycles. The van der Waals surface area contributed by atoms with Gasteiger partial charge < -0.3 is 5.32 Å². The van der Waals surface area contributed by atoms with Crippen molar-refractivity contribution in [3.63, 3.8) is 0 Å². The molecule has 0 aromatic heterocycles. The van der Waals surface area contributed by atoms with Crippen molar-refractivity contribution in [2.45, 2.75) is 13.8 Å². The van der Waals surface area contributed by atoms with Gasteiger partial charge in [0.05, 0.1) is 16.3 Å². The maximum atomic E-state index is 9.14. The van der Waals surface area contributed by atoms with Gasteiger partial charge in [-0.1, -0.05) is 35.9 Å². The van der Waals surface area contributed by atoms with Gasteiger partial charge in [0.15, 0.2) is 0 Å². The van der Waals surface area contributed by atoms with Gasteiger partial charge in [0.1, 0.15) is 6.07 Å². The second-order valence-corrected chi connectivity index (χ2v) is 4.57. The number of nitrogens with zero attached hydrogens (tertiary/aromatic N) is 1. The zero-order valence-corrected chi connectivity index (χ0v) is 11.0. The Bertz CT molecular complexity index is 607. The Hall–Kier alpha value is -1.98. The lowest BCUT2D eigenvalue weighted by atomic mass is 10.1. The first kappa shape index (κ1) is 12.5. The Balaban J connectivity index is 2.48. The molecule has 2 aromatic rings. The Morgan fingerprint density at radius 1 is 1.06 bits per heavy atom. The van der Waals surface area contributed by atoms with Gasteiger partial charge in [-0.15, -0.1) is 0 Å². The molecule has 0 aliphatic heterocycles. The average Bonchev–Trinajstić information content (AvgIpc) is 2.34. The van der Waals surface area contributed by atoms with Crippen LogP contribution in [0.5, 0.6) is 0 Å². The number of aryl methyl sites for hydroxylation is 2. The van der Waals surface area contributed by atoms with Crippen LogP contribution in [0.25, 0.3) is 0 Å². The van der Waals surface area contributed by atoms with Crippen LogP contribution in [0.1, 0.15) is 16.7 Å². The smallest absolute Gasteiger partial charge is 0.103 e. The number of benzene rings is 2. The Morgan fingerprint density at radius 3 is 2.28 bits per heavy atom. The molecule has 0 radical (unpaired) electrons. The number of anilines is 2. The zero-order chi connectivity index (χ0) is 13.1. The summed E-state index contributed by atoms with van der Waals surface area (Å²) in [6, 6.07) is 13.6. The maximum absolute atomic E-state index is 9.14. The maximum Gasteiger partial charge on any atom is 0.103 e. The quantitative estimate of drug-likeness (QED) is 0.854. The minimum Gasteiger partial charge on any atom is -0.354 e. The van der Waals surface area contributed by atoms with Gasteiger partial charge in [-0.05, 0) is 37.1 Å². The van der Waals surface area contributed by atoms with Crippen molar-refractivity contribution in [1.29, 1.82) is 5.26 Å². The largest absolute Gasteiger partial charge is 0.354 e. The highest BCUT2D eigenvalue weighted by Crippen LogP contribution is 2.29. The summed E-state index contributed by atoms with van der Waals surface area (Å²) in [5.74, 6) is 0. The normalized spacial score (nSPS) is 9.89. The Morgan fingerprint density at radius 2 is 1.67 bits per heavy atom. The van der Waals surface area contributed by atoms with Gasteiger partial charge in [0, 0.05) is 5.69 Å². The second-order valence-electron chi connectivity index (χ2n) is 4.17. The summed E-state index contributed by atoms with van der Waals surface area (Å²) in [5, 5.41) is 12.9. The molecule has 18 heavy (non-hydrogen) atoms. The van der Waals surface area contributed by atoms with E-state index in [1.807, 2.05) is 44.2 Å². The first-order chi connectivity index (χ1) is 8.63. The summed E-state index contributed by atoms with van der Waals surface area (Å²) < 4.78 is 0. The van der Waals surface area contributed by atoms with Crippen molar-refractivity contribution < 1.29 is 0 Å². The fourth-order valence-electron chi connectivity index (χ4n) is 1.89. The molecular formula is C15H13ClN2. The Kier molecular flexibility index (Phi) is 3.55. The first-order valence-electron chi connectivity index (χ1n) is 5.65. The third-order valence-corrected chi connectivity index (χ3v) is 3.18.